The molecular weight excluding hydrogens is 286 g/mol. The summed E-state index contributed by atoms with van der Waals surface area (Å²) in [5.41, 5.74) is 0. The largest absolute Gasteiger partial charge is 0.395 e. The van der Waals surface area contributed by atoms with Crippen molar-refractivity contribution >= 4 is 17.2 Å². The van der Waals surface area contributed by atoms with E-state index in [0.29, 0.717) is 19.1 Å². The molecule has 2 rings (SSSR count). The predicted octanol–water partition coefficient (Wildman–Crippen LogP) is 0.972. The van der Waals surface area contributed by atoms with Gasteiger partial charge in [0.05, 0.1) is 19.2 Å². The lowest BCUT2D eigenvalue weighted by atomic mass is 10.2. The van der Waals surface area contributed by atoms with Gasteiger partial charge < -0.3 is 15.7 Å². The summed E-state index contributed by atoms with van der Waals surface area (Å²) in [6.07, 6.45) is 2.34. The molecule has 0 aromatic carbocycles. The monoisotopic (exact) mass is 311 g/mol. The Morgan fingerprint density at radius 1 is 1.67 bits per heavy atom. The van der Waals surface area contributed by atoms with E-state index >= 15 is 0 Å². The zero-order chi connectivity index (χ0) is 15.1. The molecule has 1 aromatic rings. The Morgan fingerprint density at radius 3 is 3.14 bits per heavy atom. The molecule has 0 bridgehead atoms. The zero-order valence-electron chi connectivity index (χ0n) is 12.5. The van der Waals surface area contributed by atoms with Crippen LogP contribution in [-0.4, -0.2) is 54.7 Å². The van der Waals surface area contributed by atoms with Gasteiger partial charge in [-0.2, -0.15) is 0 Å². The summed E-state index contributed by atoms with van der Waals surface area (Å²) in [6, 6.07) is 4.51. The van der Waals surface area contributed by atoms with Crippen LogP contribution in [0.3, 0.4) is 0 Å². The number of carbonyl (C=O) groups excluding carboxylic acids is 1. The second-order valence-electron chi connectivity index (χ2n) is 5.56. The van der Waals surface area contributed by atoms with Gasteiger partial charge in [-0.15, -0.1) is 11.3 Å². The lowest BCUT2D eigenvalue weighted by Crippen LogP contribution is -2.44. The van der Waals surface area contributed by atoms with Crippen molar-refractivity contribution in [3.05, 3.63) is 22.4 Å². The molecule has 118 valence electrons. The molecule has 2 heterocycles. The van der Waals surface area contributed by atoms with Crippen molar-refractivity contribution in [2.24, 2.45) is 0 Å². The Bertz CT molecular complexity index is 419. The van der Waals surface area contributed by atoms with E-state index in [9.17, 15) is 4.79 Å². The Kier molecular flexibility index (Phi) is 6.63. The minimum absolute atomic E-state index is 0.0161. The fourth-order valence-corrected chi connectivity index (χ4v) is 3.43. The lowest BCUT2D eigenvalue weighted by Gasteiger charge is -2.25. The minimum atomic E-state index is 0.0161. The van der Waals surface area contributed by atoms with Crippen LogP contribution in [0.5, 0.6) is 0 Å². The first kappa shape index (κ1) is 16.4. The van der Waals surface area contributed by atoms with Gasteiger partial charge in [0.25, 0.3) is 0 Å². The van der Waals surface area contributed by atoms with E-state index in [1.165, 1.54) is 6.42 Å². The molecule has 5 nitrogen and oxygen atoms in total. The van der Waals surface area contributed by atoms with Gasteiger partial charge in [0.1, 0.15) is 0 Å². The molecule has 1 fully saturated rings. The van der Waals surface area contributed by atoms with E-state index in [-0.39, 0.29) is 18.6 Å². The Balaban J connectivity index is 1.79. The smallest absolute Gasteiger partial charge is 0.234 e. The van der Waals surface area contributed by atoms with E-state index in [2.05, 4.69) is 10.6 Å². The molecule has 1 amide bonds. The second kappa shape index (κ2) is 8.48. The lowest BCUT2D eigenvalue weighted by molar-refractivity contribution is -0.123. The number of nitrogens with one attached hydrogen (secondary N) is 2. The van der Waals surface area contributed by atoms with Crippen LogP contribution in [0, 0.1) is 0 Å². The van der Waals surface area contributed by atoms with Crippen molar-refractivity contribution in [3.8, 4) is 0 Å². The molecule has 0 spiro atoms. The molecule has 21 heavy (non-hydrogen) atoms. The predicted molar refractivity (Wildman–Crippen MR) is 85.4 cm³/mol. The van der Waals surface area contributed by atoms with E-state index in [1.54, 1.807) is 11.3 Å². The maximum absolute atomic E-state index is 12.2. The van der Waals surface area contributed by atoms with Crippen LogP contribution in [0.4, 0.5) is 0 Å². The van der Waals surface area contributed by atoms with Crippen molar-refractivity contribution in [1.29, 1.82) is 0 Å². The third-order valence-electron chi connectivity index (χ3n) is 3.77. The van der Waals surface area contributed by atoms with E-state index in [1.807, 2.05) is 29.3 Å². The molecule has 1 aliphatic heterocycles. The highest BCUT2D eigenvalue weighted by Gasteiger charge is 2.20. The van der Waals surface area contributed by atoms with Crippen molar-refractivity contribution in [1.82, 2.24) is 15.5 Å². The van der Waals surface area contributed by atoms with Gasteiger partial charge in [-0.25, -0.2) is 0 Å². The number of carbonyl (C=O) groups is 1. The number of hydrogen-bond acceptors (Lipinski definition) is 5. The number of aliphatic hydroxyl groups excluding tert-OH is 1. The van der Waals surface area contributed by atoms with Gasteiger partial charge in [-0.3, -0.25) is 9.69 Å². The van der Waals surface area contributed by atoms with Gasteiger partial charge in [0, 0.05) is 24.0 Å². The van der Waals surface area contributed by atoms with Gasteiger partial charge in [-0.05, 0) is 37.8 Å². The van der Waals surface area contributed by atoms with Gasteiger partial charge >= 0.3 is 0 Å². The number of amides is 1. The van der Waals surface area contributed by atoms with Gasteiger partial charge in [0.15, 0.2) is 0 Å². The Hall–Kier alpha value is -0.950. The van der Waals surface area contributed by atoms with Crippen molar-refractivity contribution in [3.63, 3.8) is 0 Å². The van der Waals surface area contributed by atoms with E-state index < -0.39 is 0 Å². The number of hydrogen-bond donors (Lipinski definition) is 3. The molecule has 1 aromatic heterocycles. The number of nitrogens with zero attached hydrogens (tertiary/aromatic N) is 1. The molecule has 0 radical (unpaired) electrons. The molecule has 2 unspecified atom stereocenters. The minimum Gasteiger partial charge on any atom is -0.395 e. The van der Waals surface area contributed by atoms with Crippen LogP contribution >= 0.6 is 11.3 Å². The van der Waals surface area contributed by atoms with Crippen LogP contribution in [0.2, 0.25) is 0 Å². The van der Waals surface area contributed by atoms with E-state index in [4.69, 9.17) is 5.11 Å². The third-order valence-corrected chi connectivity index (χ3v) is 4.83. The van der Waals surface area contributed by atoms with Crippen molar-refractivity contribution in [2.45, 2.75) is 31.8 Å². The SMILES string of the molecule is CC(NC(=O)CN(CCO)CC1CCCN1)c1cccs1. The Morgan fingerprint density at radius 2 is 2.52 bits per heavy atom. The standard InChI is InChI=1S/C15H25N3O2S/c1-12(14-5-3-9-21-14)17-15(20)11-18(7-8-19)10-13-4-2-6-16-13/h3,5,9,12-13,16,19H,2,4,6-8,10-11H2,1H3,(H,17,20). The van der Waals surface area contributed by atoms with Crippen LogP contribution in [0.1, 0.15) is 30.7 Å². The van der Waals surface area contributed by atoms with Gasteiger partial charge in [0.2, 0.25) is 5.91 Å². The maximum atomic E-state index is 12.2. The van der Waals surface area contributed by atoms with E-state index in [0.717, 1.165) is 24.4 Å². The summed E-state index contributed by atoms with van der Waals surface area (Å²) < 4.78 is 0. The van der Waals surface area contributed by atoms with Crippen LogP contribution < -0.4 is 10.6 Å². The average Bonchev–Trinajstić information content (AvgIpc) is 3.11. The van der Waals surface area contributed by atoms with Crippen molar-refractivity contribution < 1.29 is 9.90 Å². The molecule has 6 heteroatoms. The first-order valence-electron chi connectivity index (χ1n) is 7.58. The second-order valence-corrected chi connectivity index (χ2v) is 6.54. The van der Waals surface area contributed by atoms with Crippen LogP contribution in [0.25, 0.3) is 0 Å². The molecule has 2 atom stereocenters. The Labute approximate surface area is 130 Å². The topological polar surface area (TPSA) is 64.6 Å². The van der Waals surface area contributed by atoms with Crippen molar-refractivity contribution in [2.75, 3.05) is 32.8 Å². The molecule has 3 N–H and O–H groups in total. The quantitative estimate of drug-likeness (QED) is 0.669. The fourth-order valence-electron chi connectivity index (χ4n) is 2.70. The molecular formula is C15H25N3O2S. The van der Waals surface area contributed by atoms with Crippen LogP contribution in [0.15, 0.2) is 17.5 Å². The van der Waals surface area contributed by atoms with Gasteiger partial charge in [-0.1, -0.05) is 6.07 Å². The highest BCUT2D eigenvalue weighted by atomic mass is 32.1. The summed E-state index contributed by atoms with van der Waals surface area (Å²) in [7, 11) is 0. The number of thiophene rings is 1. The summed E-state index contributed by atoms with van der Waals surface area (Å²) in [5, 5.41) is 17.6. The normalized spacial score (nSPS) is 19.9. The summed E-state index contributed by atoms with van der Waals surface area (Å²) in [4.78, 5) is 15.3. The average molecular weight is 311 g/mol. The zero-order valence-corrected chi connectivity index (χ0v) is 13.4. The summed E-state index contributed by atoms with van der Waals surface area (Å²) in [6.45, 7) is 4.84. The highest BCUT2D eigenvalue weighted by Crippen LogP contribution is 2.17. The first-order chi connectivity index (χ1) is 10.2. The third kappa shape index (κ3) is 5.39. The number of aliphatic hydroxyl groups is 1. The molecule has 0 aliphatic carbocycles. The number of rotatable bonds is 8. The molecule has 1 saturated heterocycles. The molecule has 0 saturated carbocycles. The van der Waals surface area contributed by atoms with Crippen LogP contribution in [-0.2, 0) is 4.79 Å². The molecule has 1 aliphatic rings. The fraction of sp³-hybridized carbons (Fsp3) is 0.667. The first-order valence-corrected chi connectivity index (χ1v) is 8.46. The maximum Gasteiger partial charge on any atom is 0.234 e. The summed E-state index contributed by atoms with van der Waals surface area (Å²) >= 11 is 1.65. The summed E-state index contributed by atoms with van der Waals surface area (Å²) in [5.74, 6) is 0.0161. The highest BCUT2D eigenvalue weighted by molar-refractivity contribution is 7.10.